The maximum Gasteiger partial charge on any atom is 0.176 e. The van der Waals surface area contributed by atoms with Gasteiger partial charge in [-0.25, -0.2) is 0 Å². The second kappa shape index (κ2) is 2.62. The first kappa shape index (κ1) is 7.86. The van der Waals surface area contributed by atoms with Crippen molar-refractivity contribution in [3.8, 4) is 5.75 Å². The summed E-state index contributed by atoms with van der Waals surface area (Å²) in [5.74, 6) is 0.181. The maximum absolute atomic E-state index is 11.1. The van der Waals surface area contributed by atoms with Crippen molar-refractivity contribution in [1.82, 2.24) is 4.40 Å². The van der Waals surface area contributed by atoms with Gasteiger partial charge < -0.3 is 9.51 Å². The number of hydrogen-bond acceptors (Lipinski definition) is 2. The summed E-state index contributed by atoms with van der Waals surface area (Å²) in [4.78, 5) is 11.1. The van der Waals surface area contributed by atoms with Crippen LogP contribution in [-0.4, -0.2) is 15.3 Å². The Balaban J connectivity index is 2.83. The van der Waals surface area contributed by atoms with Crippen LogP contribution in [0.4, 0.5) is 0 Å². The van der Waals surface area contributed by atoms with Crippen molar-refractivity contribution in [2.45, 2.75) is 6.92 Å². The van der Waals surface area contributed by atoms with Crippen LogP contribution in [0.2, 0.25) is 0 Å². The summed E-state index contributed by atoms with van der Waals surface area (Å²) in [6.45, 7) is 1.51. The lowest BCUT2D eigenvalue weighted by Crippen LogP contribution is -1.97. The van der Waals surface area contributed by atoms with E-state index < -0.39 is 0 Å². The second-order valence-corrected chi connectivity index (χ2v) is 2.92. The molecular weight excluding hydrogens is 166 g/mol. The highest BCUT2D eigenvalue weighted by Gasteiger charge is 2.07. The molecule has 0 saturated carbocycles. The van der Waals surface area contributed by atoms with Crippen molar-refractivity contribution in [1.29, 1.82) is 0 Å². The largest absolute Gasteiger partial charge is 0.506 e. The van der Waals surface area contributed by atoms with Crippen LogP contribution in [0, 0.1) is 0 Å². The number of hydrogen-bond donors (Lipinski definition) is 1. The molecule has 0 amide bonds. The van der Waals surface area contributed by atoms with Crippen molar-refractivity contribution < 1.29 is 9.90 Å². The van der Waals surface area contributed by atoms with Gasteiger partial charge in [-0.2, -0.15) is 0 Å². The van der Waals surface area contributed by atoms with Crippen LogP contribution in [-0.2, 0) is 0 Å². The van der Waals surface area contributed by atoms with Gasteiger partial charge in [0.1, 0.15) is 5.75 Å². The van der Waals surface area contributed by atoms with E-state index in [1.165, 1.54) is 6.92 Å². The quantitative estimate of drug-likeness (QED) is 0.672. The number of Topliss-reactive ketones (excluding diaryl/α,β-unsaturated/α-hetero) is 1. The highest BCUT2D eigenvalue weighted by molar-refractivity contribution is 5.94. The summed E-state index contributed by atoms with van der Waals surface area (Å²) in [6.07, 6.45) is 1.76. The first-order valence-corrected chi connectivity index (χ1v) is 4.00. The molecule has 13 heavy (non-hydrogen) atoms. The Morgan fingerprint density at radius 3 is 2.85 bits per heavy atom. The van der Waals surface area contributed by atoms with Crippen molar-refractivity contribution >= 4 is 11.3 Å². The van der Waals surface area contributed by atoms with E-state index in [0.717, 1.165) is 0 Å². The molecule has 0 atom stereocenters. The van der Waals surface area contributed by atoms with Crippen LogP contribution >= 0.6 is 0 Å². The molecule has 3 nitrogen and oxygen atoms in total. The molecule has 0 aliphatic carbocycles. The molecule has 0 radical (unpaired) electrons. The molecule has 2 rings (SSSR count). The molecule has 3 heteroatoms. The zero-order chi connectivity index (χ0) is 9.42. The highest BCUT2D eigenvalue weighted by Crippen LogP contribution is 2.20. The van der Waals surface area contributed by atoms with Gasteiger partial charge in [0.15, 0.2) is 5.78 Å². The third kappa shape index (κ3) is 1.09. The highest BCUT2D eigenvalue weighted by atomic mass is 16.3. The molecule has 2 aromatic rings. The van der Waals surface area contributed by atoms with Gasteiger partial charge >= 0.3 is 0 Å². The van der Waals surface area contributed by atoms with Gasteiger partial charge in [0, 0.05) is 13.1 Å². The number of carbonyl (C=O) groups is 1. The minimum Gasteiger partial charge on any atom is -0.506 e. The average molecular weight is 175 g/mol. The number of carbonyl (C=O) groups excluding carboxylic acids is 1. The van der Waals surface area contributed by atoms with Crippen LogP contribution in [0.5, 0.6) is 5.75 Å². The van der Waals surface area contributed by atoms with Crippen LogP contribution in [0.1, 0.15) is 17.4 Å². The Morgan fingerprint density at radius 1 is 1.38 bits per heavy atom. The molecular formula is C10H9NO2. The fraction of sp³-hybridized carbons (Fsp3) is 0.100. The first-order chi connectivity index (χ1) is 6.20. The molecule has 1 N–H and O–H groups in total. The summed E-state index contributed by atoms with van der Waals surface area (Å²) in [6, 6.07) is 6.73. The van der Waals surface area contributed by atoms with Gasteiger partial charge in [-0.15, -0.1) is 0 Å². The van der Waals surface area contributed by atoms with Gasteiger partial charge in [-0.3, -0.25) is 4.79 Å². The Hall–Kier alpha value is -1.77. The summed E-state index contributed by atoms with van der Waals surface area (Å²) < 4.78 is 1.68. The lowest BCUT2D eigenvalue weighted by molar-refractivity contribution is 0.101. The molecule has 0 aromatic carbocycles. The number of aromatic hydroxyl groups is 1. The van der Waals surface area contributed by atoms with E-state index in [2.05, 4.69) is 0 Å². The SMILES string of the molecule is CC(=O)c1ccc2c(O)cccn12. The summed E-state index contributed by atoms with van der Waals surface area (Å²) in [5.41, 5.74) is 1.25. The molecule has 2 heterocycles. The molecule has 66 valence electrons. The van der Waals surface area contributed by atoms with E-state index in [0.29, 0.717) is 11.2 Å². The van der Waals surface area contributed by atoms with E-state index in [-0.39, 0.29) is 11.5 Å². The molecule has 2 aromatic heterocycles. The minimum absolute atomic E-state index is 0.00870. The lowest BCUT2D eigenvalue weighted by Gasteiger charge is -1.99. The summed E-state index contributed by atoms with van der Waals surface area (Å²) >= 11 is 0. The maximum atomic E-state index is 11.1. The Labute approximate surface area is 75.2 Å². The zero-order valence-electron chi connectivity index (χ0n) is 7.19. The predicted octanol–water partition coefficient (Wildman–Crippen LogP) is 1.85. The van der Waals surface area contributed by atoms with Crippen molar-refractivity contribution in [2.24, 2.45) is 0 Å². The third-order valence-corrected chi connectivity index (χ3v) is 2.03. The monoisotopic (exact) mass is 175 g/mol. The van der Waals surface area contributed by atoms with Crippen molar-refractivity contribution in [2.75, 3.05) is 0 Å². The van der Waals surface area contributed by atoms with Gasteiger partial charge in [-0.05, 0) is 24.3 Å². The van der Waals surface area contributed by atoms with Crippen LogP contribution < -0.4 is 0 Å². The molecule has 0 unspecified atom stereocenters. The van der Waals surface area contributed by atoms with E-state index >= 15 is 0 Å². The number of rotatable bonds is 1. The normalized spacial score (nSPS) is 10.5. The molecule has 0 fully saturated rings. The first-order valence-electron chi connectivity index (χ1n) is 4.00. The standard InChI is InChI=1S/C10H9NO2/c1-7(12)8-4-5-9-10(13)3-2-6-11(8)9/h2-6,13H,1H3. The van der Waals surface area contributed by atoms with Gasteiger partial charge in [0.25, 0.3) is 0 Å². The number of nitrogens with zero attached hydrogens (tertiary/aromatic N) is 1. The van der Waals surface area contributed by atoms with Gasteiger partial charge in [-0.1, -0.05) is 0 Å². The van der Waals surface area contributed by atoms with Gasteiger partial charge in [0.2, 0.25) is 0 Å². The fourth-order valence-corrected chi connectivity index (χ4v) is 1.41. The Bertz CT molecular complexity index is 471. The summed E-state index contributed by atoms with van der Waals surface area (Å²) in [7, 11) is 0. The average Bonchev–Trinajstić information content (AvgIpc) is 2.48. The topological polar surface area (TPSA) is 41.7 Å². The number of ketones is 1. The van der Waals surface area contributed by atoms with E-state index in [1.807, 2.05) is 0 Å². The number of pyridine rings is 1. The molecule has 0 spiro atoms. The second-order valence-electron chi connectivity index (χ2n) is 2.92. The van der Waals surface area contributed by atoms with Crippen LogP contribution in [0.25, 0.3) is 5.52 Å². The third-order valence-electron chi connectivity index (χ3n) is 2.03. The Kier molecular flexibility index (Phi) is 1.59. The molecule has 0 aliphatic heterocycles. The minimum atomic E-state index is -0.00870. The molecule has 0 saturated heterocycles. The Morgan fingerprint density at radius 2 is 2.15 bits per heavy atom. The van der Waals surface area contributed by atoms with E-state index in [4.69, 9.17) is 0 Å². The van der Waals surface area contributed by atoms with E-state index in [9.17, 15) is 9.90 Å². The van der Waals surface area contributed by atoms with Crippen molar-refractivity contribution in [3.63, 3.8) is 0 Å². The van der Waals surface area contributed by atoms with Crippen molar-refractivity contribution in [3.05, 3.63) is 36.2 Å². The van der Waals surface area contributed by atoms with Crippen LogP contribution in [0.15, 0.2) is 30.5 Å². The molecule has 0 bridgehead atoms. The predicted molar refractivity (Wildman–Crippen MR) is 49.1 cm³/mol. The smallest absolute Gasteiger partial charge is 0.176 e. The number of aromatic nitrogens is 1. The molecule has 0 aliphatic rings. The van der Waals surface area contributed by atoms with E-state index in [1.54, 1.807) is 34.9 Å². The van der Waals surface area contributed by atoms with Gasteiger partial charge in [0.05, 0.1) is 11.2 Å². The summed E-state index contributed by atoms with van der Waals surface area (Å²) in [5, 5.41) is 9.43. The lowest BCUT2D eigenvalue weighted by atomic mass is 10.3. The fourth-order valence-electron chi connectivity index (χ4n) is 1.41. The van der Waals surface area contributed by atoms with Crippen LogP contribution in [0.3, 0.4) is 0 Å². The zero-order valence-corrected chi connectivity index (χ0v) is 7.19. The number of fused-ring (bicyclic) bond motifs is 1.